The second-order valence-corrected chi connectivity index (χ2v) is 11.1. The van der Waals surface area contributed by atoms with Gasteiger partial charge in [0.2, 0.25) is 11.8 Å². The normalized spacial score (nSPS) is 32.6. The largest absolute Gasteiger partial charge is 0.476 e. The van der Waals surface area contributed by atoms with E-state index in [1.807, 2.05) is 19.1 Å². The van der Waals surface area contributed by atoms with Gasteiger partial charge in [-0.3, -0.25) is 10.00 Å². The number of hydrogen-bond acceptors (Lipinski definition) is 8. The van der Waals surface area contributed by atoms with Crippen molar-refractivity contribution in [2.45, 2.75) is 69.9 Å². The highest BCUT2D eigenvalue weighted by Crippen LogP contribution is 2.56. The average molecular weight is 468 g/mol. The molecule has 4 bridgehead atoms. The maximum Gasteiger partial charge on any atom is 0.228 e. The molecule has 184 valence electrons. The summed E-state index contributed by atoms with van der Waals surface area (Å²) in [6.45, 7) is 5.81. The lowest BCUT2D eigenvalue weighted by Crippen LogP contribution is -2.59. The number of aryl methyl sites for hydroxylation is 1. The summed E-state index contributed by atoms with van der Waals surface area (Å²) in [5.41, 5.74) is 0.541. The summed E-state index contributed by atoms with van der Waals surface area (Å²) in [6.07, 6.45) is 9.04. The van der Waals surface area contributed by atoms with Crippen LogP contribution in [-0.2, 0) is 0 Å². The van der Waals surface area contributed by atoms with E-state index in [-0.39, 0.29) is 0 Å². The van der Waals surface area contributed by atoms with Gasteiger partial charge in [0.15, 0.2) is 5.82 Å². The molecule has 5 fully saturated rings. The summed E-state index contributed by atoms with van der Waals surface area (Å²) in [7, 11) is 0. The highest BCUT2D eigenvalue weighted by Gasteiger charge is 2.54. The zero-order chi connectivity index (χ0) is 23.1. The Bertz CT molecular complexity index is 989. The number of rotatable bonds is 8. The van der Waals surface area contributed by atoms with Crippen molar-refractivity contribution in [2.75, 3.05) is 36.9 Å². The van der Waals surface area contributed by atoms with Crippen LogP contribution in [0, 0.1) is 24.7 Å². The van der Waals surface area contributed by atoms with Crippen molar-refractivity contribution >= 4 is 17.6 Å². The van der Waals surface area contributed by atoms with Gasteiger partial charge in [0.25, 0.3) is 0 Å². The summed E-state index contributed by atoms with van der Waals surface area (Å²) in [5, 5.41) is 25.1. The molecule has 4 saturated carbocycles. The van der Waals surface area contributed by atoms with Crippen LogP contribution in [0.15, 0.2) is 12.1 Å². The summed E-state index contributed by atoms with van der Waals surface area (Å²) in [6, 6.07) is 4.11. The lowest BCUT2D eigenvalue weighted by molar-refractivity contribution is -0.129. The van der Waals surface area contributed by atoms with Gasteiger partial charge in [-0.25, -0.2) is 0 Å². The number of likely N-dealkylation sites (tertiary alicyclic amines) is 1. The number of nitrogens with zero attached hydrogens (tertiary/aromatic N) is 4. The van der Waals surface area contributed by atoms with Crippen LogP contribution in [0.25, 0.3) is 0 Å². The molecule has 1 saturated heterocycles. The molecule has 0 aromatic carbocycles. The van der Waals surface area contributed by atoms with Crippen molar-refractivity contribution in [3.8, 4) is 5.88 Å². The number of piperidine rings is 1. The van der Waals surface area contributed by atoms with Crippen LogP contribution in [0.1, 0.15) is 57.1 Å². The number of anilines is 3. The minimum Gasteiger partial charge on any atom is -0.476 e. The smallest absolute Gasteiger partial charge is 0.228 e. The van der Waals surface area contributed by atoms with E-state index in [2.05, 4.69) is 25.7 Å². The van der Waals surface area contributed by atoms with E-state index in [9.17, 15) is 5.11 Å². The number of aliphatic hydroxyl groups is 1. The van der Waals surface area contributed by atoms with Gasteiger partial charge in [0.05, 0.1) is 5.60 Å². The fourth-order valence-corrected chi connectivity index (χ4v) is 7.07. The van der Waals surface area contributed by atoms with Crippen LogP contribution in [0.3, 0.4) is 0 Å². The Morgan fingerprint density at radius 3 is 2.59 bits per heavy atom. The van der Waals surface area contributed by atoms with Crippen LogP contribution >= 0.6 is 0 Å². The van der Waals surface area contributed by atoms with Crippen molar-refractivity contribution < 1.29 is 9.84 Å². The molecule has 9 nitrogen and oxygen atoms in total. The highest BCUT2D eigenvalue weighted by atomic mass is 16.5. The van der Waals surface area contributed by atoms with Crippen molar-refractivity contribution in [3.05, 3.63) is 17.8 Å². The van der Waals surface area contributed by atoms with Crippen LogP contribution < -0.4 is 15.4 Å². The minimum absolute atomic E-state index is 0.306. The highest BCUT2D eigenvalue weighted by molar-refractivity contribution is 5.55. The van der Waals surface area contributed by atoms with Crippen LogP contribution in [-0.4, -0.2) is 68.1 Å². The summed E-state index contributed by atoms with van der Waals surface area (Å²) < 4.78 is 6.12. The molecule has 2 unspecified atom stereocenters. The maximum absolute atomic E-state index is 10.9. The number of aromatic amines is 1. The molecular weight excluding hydrogens is 430 g/mol. The lowest BCUT2D eigenvalue weighted by Gasteiger charge is -2.58. The molecule has 34 heavy (non-hydrogen) atoms. The summed E-state index contributed by atoms with van der Waals surface area (Å²) in [4.78, 5) is 12.0. The molecule has 4 aliphatic carbocycles. The third-order valence-corrected chi connectivity index (χ3v) is 8.31. The number of nitrogens with one attached hydrogen (secondary N) is 3. The number of H-pyrrole nitrogens is 1. The molecule has 0 amide bonds. The van der Waals surface area contributed by atoms with Gasteiger partial charge in [0, 0.05) is 30.4 Å². The molecule has 7 rings (SSSR count). The quantitative estimate of drug-likeness (QED) is 0.467. The van der Waals surface area contributed by atoms with E-state index >= 15 is 0 Å². The van der Waals surface area contributed by atoms with E-state index in [0.717, 1.165) is 50.4 Å². The van der Waals surface area contributed by atoms with Gasteiger partial charge in [-0.2, -0.15) is 15.1 Å². The lowest BCUT2D eigenvalue weighted by atomic mass is 9.52. The zero-order valence-corrected chi connectivity index (χ0v) is 20.1. The number of aromatic nitrogens is 4. The van der Waals surface area contributed by atoms with Crippen molar-refractivity contribution in [3.63, 3.8) is 0 Å². The topological polar surface area (TPSA) is 111 Å². The Labute approximate surface area is 201 Å². The first kappa shape index (κ1) is 22.1. The van der Waals surface area contributed by atoms with Crippen molar-refractivity contribution in [1.29, 1.82) is 0 Å². The van der Waals surface area contributed by atoms with Crippen LogP contribution in [0.5, 0.6) is 5.88 Å². The SMILES string of the molecule is Cc1cc(Nc2cc(OCCN3CCCCC3)nc(NC3C4CC5CC3CC(O)(C5)C4)n2)n[nH]1. The van der Waals surface area contributed by atoms with Crippen LogP contribution in [0.2, 0.25) is 0 Å². The van der Waals surface area contributed by atoms with Gasteiger partial charge in [-0.1, -0.05) is 6.42 Å². The van der Waals surface area contributed by atoms with Gasteiger partial charge >= 0.3 is 0 Å². The Kier molecular flexibility index (Phi) is 5.85. The fraction of sp³-hybridized carbons (Fsp3) is 0.720. The van der Waals surface area contributed by atoms with Crippen molar-refractivity contribution in [1.82, 2.24) is 25.1 Å². The predicted molar refractivity (Wildman–Crippen MR) is 130 cm³/mol. The van der Waals surface area contributed by atoms with Gasteiger partial charge in [-0.15, -0.1) is 0 Å². The molecule has 1 aliphatic heterocycles. The zero-order valence-electron chi connectivity index (χ0n) is 20.1. The van der Waals surface area contributed by atoms with E-state index < -0.39 is 5.60 Å². The first-order valence-electron chi connectivity index (χ1n) is 13.0. The molecule has 0 radical (unpaired) electrons. The van der Waals surface area contributed by atoms with Gasteiger partial charge in [-0.05, 0) is 82.7 Å². The minimum atomic E-state index is -0.445. The van der Waals surface area contributed by atoms with Crippen molar-refractivity contribution in [2.24, 2.45) is 17.8 Å². The maximum atomic E-state index is 10.9. The van der Waals surface area contributed by atoms with E-state index in [4.69, 9.17) is 14.7 Å². The fourth-order valence-electron chi connectivity index (χ4n) is 7.07. The van der Waals surface area contributed by atoms with E-state index in [1.165, 1.54) is 32.1 Å². The Morgan fingerprint density at radius 1 is 1.09 bits per heavy atom. The monoisotopic (exact) mass is 467 g/mol. The second-order valence-electron chi connectivity index (χ2n) is 11.1. The molecule has 2 aromatic heterocycles. The van der Waals surface area contributed by atoms with Gasteiger partial charge in [0.1, 0.15) is 12.4 Å². The third-order valence-electron chi connectivity index (χ3n) is 8.31. The van der Waals surface area contributed by atoms with E-state index in [0.29, 0.717) is 48.0 Å². The summed E-state index contributed by atoms with van der Waals surface area (Å²) >= 11 is 0. The molecule has 9 heteroatoms. The first-order chi connectivity index (χ1) is 16.5. The number of hydrogen-bond donors (Lipinski definition) is 4. The standard InChI is InChI=1S/C25H37N7O2/c1-16-9-21(31-30-16)26-20-12-22(34-8-7-32-5-3-2-4-6-32)28-24(27-20)29-23-18-10-17-11-19(23)15-25(33,13-17)14-18/h9,12,17-19,23,33H,2-8,10-11,13-15H2,1H3,(H3,26,27,28,29,30,31). The number of ether oxygens (including phenoxy) is 1. The summed E-state index contributed by atoms with van der Waals surface area (Å²) in [5.74, 6) is 4.19. The molecule has 0 spiro atoms. The molecular formula is C25H37N7O2. The molecule has 5 aliphatic rings. The Hall–Kier alpha value is -2.39. The molecule has 4 N–H and O–H groups in total. The third kappa shape index (κ3) is 4.73. The second kappa shape index (κ2) is 9.00. The van der Waals surface area contributed by atoms with Crippen LogP contribution in [0.4, 0.5) is 17.6 Å². The van der Waals surface area contributed by atoms with Gasteiger partial charge < -0.3 is 20.5 Å². The predicted octanol–water partition coefficient (Wildman–Crippen LogP) is 3.47. The Morgan fingerprint density at radius 2 is 1.88 bits per heavy atom. The molecule has 2 aromatic rings. The Balaban J connectivity index is 1.18. The van der Waals surface area contributed by atoms with E-state index in [1.54, 1.807) is 0 Å². The average Bonchev–Trinajstić information content (AvgIpc) is 3.20. The molecule has 3 heterocycles. The first-order valence-corrected chi connectivity index (χ1v) is 13.0. The molecule has 2 atom stereocenters.